The highest BCUT2D eigenvalue weighted by atomic mass is 32.2. The lowest BCUT2D eigenvalue weighted by atomic mass is 10.2. The number of sulfonamides is 1. The Kier molecular flexibility index (Phi) is 3.98. The topological polar surface area (TPSA) is 104 Å². The quantitative estimate of drug-likeness (QED) is 0.805. The molecule has 1 aromatic carbocycles. The number of hydrogen-bond acceptors (Lipinski definition) is 5. The molecular formula is C12H15NO6S. The number of aliphatic hydroxyl groups excluding tert-OH is 1. The van der Waals surface area contributed by atoms with Crippen LogP contribution in [0.5, 0.6) is 5.75 Å². The lowest BCUT2D eigenvalue weighted by molar-refractivity contribution is -0.140. The van der Waals surface area contributed by atoms with Crippen LogP contribution in [-0.2, 0) is 14.8 Å². The minimum atomic E-state index is -4.04. The van der Waals surface area contributed by atoms with E-state index in [9.17, 15) is 18.3 Å². The number of para-hydroxylation sites is 1. The summed E-state index contributed by atoms with van der Waals surface area (Å²) in [5, 5.41) is 18.6. The predicted molar refractivity (Wildman–Crippen MR) is 68.9 cm³/mol. The summed E-state index contributed by atoms with van der Waals surface area (Å²) in [5.74, 6) is -1.14. The molecule has 0 aliphatic carbocycles. The molecule has 2 N–H and O–H groups in total. The molecule has 8 heteroatoms. The number of β-amino-alcohol motifs (C(OH)–C–C–N with tert-alkyl or cyclic N) is 1. The van der Waals surface area contributed by atoms with Crippen LogP contribution in [0.1, 0.15) is 6.42 Å². The first-order valence-electron chi connectivity index (χ1n) is 5.93. The van der Waals surface area contributed by atoms with Gasteiger partial charge in [0.25, 0.3) is 0 Å². The molecule has 1 aliphatic rings. The minimum Gasteiger partial charge on any atom is -0.495 e. The standard InChI is InChI=1S/C12H15NO6S/c1-19-10-4-2-3-5-11(10)20(17,18)13-7-8(14)6-9(13)12(15)16/h2-5,8-9,14H,6-7H2,1H3,(H,15,16)/t8-,9-/m1/s1. The Bertz CT molecular complexity index is 614. The van der Waals surface area contributed by atoms with E-state index in [4.69, 9.17) is 9.84 Å². The number of carboxylic acid groups (broad SMARTS) is 1. The van der Waals surface area contributed by atoms with Gasteiger partial charge in [-0.2, -0.15) is 4.31 Å². The van der Waals surface area contributed by atoms with E-state index in [1.165, 1.54) is 25.3 Å². The Morgan fingerprint density at radius 3 is 2.65 bits per heavy atom. The van der Waals surface area contributed by atoms with Gasteiger partial charge in [-0.1, -0.05) is 12.1 Å². The number of aliphatic hydroxyl groups is 1. The van der Waals surface area contributed by atoms with Crippen LogP contribution in [0.3, 0.4) is 0 Å². The zero-order valence-electron chi connectivity index (χ0n) is 10.8. The second-order valence-corrected chi connectivity index (χ2v) is 6.33. The highest BCUT2D eigenvalue weighted by Gasteiger charge is 2.44. The fourth-order valence-electron chi connectivity index (χ4n) is 2.23. The maximum Gasteiger partial charge on any atom is 0.322 e. The van der Waals surface area contributed by atoms with Crippen molar-refractivity contribution in [3.8, 4) is 5.75 Å². The number of rotatable bonds is 4. The number of ether oxygens (including phenoxy) is 1. The van der Waals surface area contributed by atoms with Gasteiger partial charge in [0.1, 0.15) is 16.7 Å². The lowest BCUT2D eigenvalue weighted by Crippen LogP contribution is -2.40. The Morgan fingerprint density at radius 2 is 2.05 bits per heavy atom. The number of methoxy groups -OCH3 is 1. The maximum absolute atomic E-state index is 12.5. The number of benzene rings is 1. The van der Waals surface area contributed by atoms with E-state index < -0.39 is 28.1 Å². The molecule has 20 heavy (non-hydrogen) atoms. The molecule has 1 heterocycles. The van der Waals surface area contributed by atoms with Gasteiger partial charge in [-0.3, -0.25) is 4.79 Å². The SMILES string of the molecule is COc1ccccc1S(=O)(=O)N1C[C@H](O)C[C@@H]1C(=O)O. The van der Waals surface area contributed by atoms with Crippen LogP contribution >= 0.6 is 0 Å². The van der Waals surface area contributed by atoms with Gasteiger partial charge in [-0.25, -0.2) is 8.42 Å². The first kappa shape index (κ1) is 14.8. The molecule has 0 radical (unpaired) electrons. The van der Waals surface area contributed by atoms with Crippen LogP contribution in [0, 0.1) is 0 Å². The minimum absolute atomic E-state index is 0.108. The summed E-state index contributed by atoms with van der Waals surface area (Å²) < 4.78 is 30.9. The molecule has 0 aromatic heterocycles. The molecule has 1 fully saturated rings. The fraction of sp³-hybridized carbons (Fsp3) is 0.417. The molecule has 1 saturated heterocycles. The van der Waals surface area contributed by atoms with E-state index in [-0.39, 0.29) is 23.6 Å². The molecule has 0 spiro atoms. The van der Waals surface area contributed by atoms with Gasteiger partial charge in [0, 0.05) is 13.0 Å². The largest absolute Gasteiger partial charge is 0.495 e. The Labute approximate surface area is 116 Å². The Balaban J connectivity index is 2.46. The summed E-state index contributed by atoms with van der Waals surface area (Å²) in [6, 6.07) is 4.70. The first-order chi connectivity index (χ1) is 9.37. The zero-order valence-corrected chi connectivity index (χ0v) is 11.6. The molecule has 1 aliphatic heterocycles. The molecule has 7 nitrogen and oxygen atoms in total. The van der Waals surface area contributed by atoms with Crippen molar-refractivity contribution in [2.45, 2.75) is 23.5 Å². The smallest absolute Gasteiger partial charge is 0.322 e. The van der Waals surface area contributed by atoms with Gasteiger partial charge in [0.2, 0.25) is 10.0 Å². The summed E-state index contributed by atoms with van der Waals surface area (Å²) in [5.41, 5.74) is 0. The summed E-state index contributed by atoms with van der Waals surface area (Å²) in [4.78, 5) is 11.0. The molecule has 0 unspecified atom stereocenters. The molecule has 1 aromatic rings. The third-order valence-corrected chi connectivity index (χ3v) is 5.09. The second-order valence-electron chi connectivity index (χ2n) is 4.47. The van der Waals surface area contributed by atoms with Gasteiger partial charge < -0.3 is 14.9 Å². The molecule has 2 rings (SSSR count). The molecule has 0 bridgehead atoms. The van der Waals surface area contributed by atoms with Crippen molar-refractivity contribution in [2.24, 2.45) is 0 Å². The van der Waals surface area contributed by atoms with Crippen LogP contribution in [-0.4, -0.2) is 54.7 Å². The molecule has 110 valence electrons. The van der Waals surface area contributed by atoms with Crippen molar-refractivity contribution in [1.29, 1.82) is 0 Å². The number of aliphatic carboxylic acids is 1. The van der Waals surface area contributed by atoms with Gasteiger partial charge in [0.05, 0.1) is 13.2 Å². The monoisotopic (exact) mass is 301 g/mol. The van der Waals surface area contributed by atoms with E-state index in [1.54, 1.807) is 6.07 Å². The van der Waals surface area contributed by atoms with Gasteiger partial charge >= 0.3 is 5.97 Å². The van der Waals surface area contributed by atoms with Gasteiger partial charge in [0.15, 0.2) is 0 Å². The third kappa shape index (κ3) is 2.49. The average molecular weight is 301 g/mol. The van der Waals surface area contributed by atoms with Gasteiger partial charge in [-0.05, 0) is 12.1 Å². The van der Waals surface area contributed by atoms with Crippen molar-refractivity contribution >= 4 is 16.0 Å². The summed E-state index contributed by atoms with van der Waals surface area (Å²) in [6.07, 6.45) is -1.11. The van der Waals surface area contributed by atoms with Crippen LogP contribution in [0.2, 0.25) is 0 Å². The first-order valence-corrected chi connectivity index (χ1v) is 7.37. The molecule has 0 amide bonds. The van der Waals surface area contributed by atoms with Crippen LogP contribution < -0.4 is 4.74 Å². The third-order valence-electron chi connectivity index (χ3n) is 3.17. The summed E-state index contributed by atoms with van der Waals surface area (Å²) in [6.45, 7) is -0.239. The van der Waals surface area contributed by atoms with Gasteiger partial charge in [-0.15, -0.1) is 0 Å². The molecule has 0 saturated carbocycles. The van der Waals surface area contributed by atoms with Crippen molar-refractivity contribution in [1.82, 2.24) is 4.31 Å². The molecular weight excluding hydrogens is 286 g/mol. The van der Waals surface area contributed by atoms with E-state index in [2.05, 4.69) is 0 Å². The van der Waals surface area contributed by atoms with E-state index in [0.29, 0.717) is 0 Å². The lowest BCUT2D eigenvalue weighted by Gasteiger charge is -2.21. The van der Waals surface area contributed by atoms with Crippen molar-refractivity contribution in [3.05, 3.63) is 24.3 Å². The summed E-state index contributed by atoms with van der Waals surface area (Å²) >= 11 is 0. The highest BCUT2D eigenvalue weighted by molar-refractivity contribution is 7.89. The second kappa shape index (κ2) is 5.39. The normalized spacial score (nSPS) is 23.7. The average Bonchev–Trinajstić information content (AvgIpc) is 2.82. The molecule has 2 atom stereocenters. The van der Waals surface area contributed by atoms with Crippen LogP contribution in [0.15, 0.2) is 29.2 Å². The number of carbonyl (C=O) groups is 1. The number of carboxylic acids is 1. The van der Waals surface area contributed by atoms with Crippen LogP contribution in [0.25, 0.3) is 0 Å². The van der Waals surface area contributed by atoms with Crippen molar-refractivity contribution < 1.29 is 28.2 Å². The van der Waals surface area contributed by atoms with Crippen molar-refractivity contribution in [2.75, 3.05) is 13.7 Å². The zero-order chi connectivity index (χ0) is 14.9. The fourth-order valence-corrected chi connectivity index (χ4v) is 4.02. The van der Waals surface area contributed by atoms with E-state index in [0.717, 1.165) is 4.31 Å². The summed E-state index contributed by atoms with van der Waals surface area (Å²) in [7, 11) is -2.71. The highest BCUT2D eigenvalue weighted by Crippen LogP contribution is 2.31. The number of nitrogens with zero attached hydrogens (tertiary/aromatic N) is 1. The Hall–Kier alpha value is -1.64. The Morgan fingerprint density at radius 1 is 1.40 bits per heavy atom. The number of hydrogen-bond donors (Lipinski definition) is 2. The van der Waals surface area contributed by atoms with Crippen molar-refractivity contribution in [3.63, 3.8) is 0 Å². The van der Waals surface area contributed by atoms with Crippen LogP contribution in [0.4, 0.5) is 0 Å². The van der Waals surface area contributed by atoms with E-state index in [1.807, 2.05) is 0 Å². The van der Waals surface area contributed by atoms with E-state index >= 15 is 0 Å². The predicted octanol–water partition coefficient (Wildman–Crippen LogP) is -0.0963. The maximum atomic E-state index is 12.5.